The highest BCUT2D eigenvalue weighted by Gasteiger charge is 2.35. The molecule has 1 aliphatic heterocycles. The van der Waals surface area contributed by atoms with Gasteiger partial charge in [0.25, 0.3) is 0 Å². The first-order chi connectivity index (χ1) is 11.9. The summed E-state index contributed by atoms with van der Waals surface area (Å²) in [7, 11) is -2.04. The van der Waals surface area contributed by atoms with Crippen LogP contribution in [0.15, 0.2) is 41.6 Å². The molecule has 1 N–H and O–H groups in total. The standard InChI is InChI=1S/C18H23N3O3S.ClH/c1-13-10-18(14(2)9-17(13)24-3)25(22,23)21-8-7-20-12-16(21)15-5-4-6-19-11-15;/h4-6,9-11,16,20H,7-8,12H2,1-3H3;1H. The summed E-state index contributed by atoms with van der Waals surface area (Å²) in [6, 6.07) is 6.96. The summed E-state index contributed by atoms with van der Waals surface area (Å²) in [5.74, 6) is 0.695. The van der Waals surface area contributed by atoms with E-state index in [-0.39, 0.29) is 18.4 Å². The lowest BCUT2D eigenvalue weighted by Crippen LogP contribution is -2.48. The van der Waals surface area contributed by atoms with Crippen LogP contribution in [-0.2, 0) is 10.0 Å². The number of ether oxygens (including phenoxy) is 1. The minimum absolute atomic E-state index is 0. The first-order valence-corrected chi connectivity index (χ1v) is 9.67. The Bertz CT molecular complexity index is 859. The van der Waals surface area contributed by atoms with Gasteiger partial charge in [-0.2, -0.15) is 4.31 Å². The maximum absolute atomic E-state index is 13.4. The zero-order valence-corrected chi connectivity index (χ0v) is 16.7. The van der Waals surface area contributed by atoms with Gasteiger partial charge in [-0.25, -0.2) is 8.42 Å². The van der Waals surface area contributed by atoms with Crippen LogP contribution in [-0.4, -0.2) is 44.5 Å². The highest BCUT2D eigenvalue weighted by molar-refractivity contribution is 7.89. The molecule has 1 atom stereocenters. The number of aryl methyl sites for hydroxylation is 2. The van der Waals surface area contributed by atoms with E-state index in [1.165, 1.54) is 0 Å². The third-order valence-electron chi connectivity index (χ3n) is 4.54. The maximum Gasteiger partial charge on any atom is 0.243 e. The molecule has 0 radical (unpaired) electrons. The summed E-state index contributed by atoms with van der Waals surface area (Å²) in [6.45, 7) is 5.28. The van der Waals surface area contributed by atoms with Crippen LogP contribution in [0.2, 0.25) is 0 Å². The molecule has 1 saturated heterocycles. The number of piperazine rings is 1. The van der Waals surface area contributed by atoms with Crippen LogP contribution in [0, 0.1) is 13.8 Å². The summed E-state index contributed by atoms with van der Waals surface area (Å²) in [5, 5.41) is 3.28. The van der Waals surface area contributed by atoms with Crippen molar-refractivity contribution in [3.63, 3.8) is 0 Å². The number of sulfonamides is 1. The zero-order chi connectivity index (χ0) is 18.0. The highest BCUT2D eigenvalue weighted by atomic mass is 35.5. The van der Waals surface area contributed by atoms with Crippen LogP contribution in [0.5, 0.6) is 5.75 Å². The van der Waals surface area contributed by atoms with E-state index in [1.54, 1.807) is 42.9 Å². The fourth-order valence-electron chi connectivity index (χ4n) is 3.22. The minimum atomic E-state index is -3.63. The van der Waals surface area contributed by atoms with Gasteiger partial charge in [0.1, 0.15) is 5.75 Å². The van der Waals surface area contributed by atoms with Gasteiger partial charge < -0.3 is 10.1 Å². The Morgan fingerprint density at radius 1 is 1.27 bits per heavy atom. The van der Waals surface area contributed by atoms with Crippen LogP contribution in [0.4, 0.5) is 0 Å². The Hall–Kier alpha value is -1.67. The summed E-state index contributed by atoms with van der Waals surface area (Å²) < 4.78 is 33.6. The number of nitrogens with one attached hydrogen (secondary N) is 1. The van der Waals surface area contributed by atoms with Crippen molar-refractivity contribution < 1.29 is 13.2 Å². The number of pyridine rings is 1. The highest BCUT2D eigenvalue weighted by Crippen LogP contribution is 2.32. The molecule has 142 valence electrons. The Balaban J connectivity index is 0.00000243. The molecule has 0 saturated carbocycles. The first-order valence-electron chi connectivity index (χ1n) is 8.23. The zero-order valence-electron chi connectivity index (χ0n) is 15.1. The van der Waals surface area contributed by atoms with Gasteiger partial charge in [0.05, 0.1) is 18.0 Å². The van der Waals surface area contributed by atoms with Crippen molar-refractivity contribution in [3.8, 4) is 5.75 Å². The third-order valence-corrected chi connectivity index (χ3v) is 6.59. The number of halogens is 1. The molecule has 3 rings (SSSR count). The Kier molecular flexibility index (Phi) is 6.63. The molecule has 0 bridgehead atoms. The van der Waals surface area contributed by atoms with Gasteiger partial charge >= 0.3 is 0 Å². The smallest absolute Gasteiger partial charge is 0.243 e. The largest absolute Gasteiger partial charge is 0.496 e. The molecule has 1 aromatic carbocycles. The third kappa shape index (κ3) is 3.86. The number of rotatable bonds is 4. The average Bonchev–Trinajstić information content (AvgIpc) is 2.64. The number of hydrogen-bond acceptors (Lipinski definition) is 5. The molecule has 2 aromatic rings. The summed E-state index contributed by atoms with van der Waals surface area (Å²) in [6.07, 6.45) is 3.42. The Morgan fingerprint density at radius 3 is 2.69 bits per heavy atom. The molecule has 1 unspecified atom stereocenters. The molecule has 2 heterocycles. The molecular formula is C18H24ClN3O3S. The number of nitrogens with zero attached hydrogens (tertiary/aromatic N) is 2. The number of aromatic nitrogens is 1. The van der Waals surface area contributed by atoms with Crippen molar-refractivity contribution in [1.82, 2.24) is 14.6 Å². The maximum atomic E-state index is 13.4. The van der Waals surface area contributed by atoms with E-state index in [0.717, 1.165) is 11.1 Å². The van der Waals surface area contributed by atoms with Crippen molar-refractivity contribution in [1.29, 1.82) is 0 Å². The predicted octanol–water partition coefficient (Wildman–Crippen LogP) is 2.46. The molecule has 1 aromatic heterocycles. The Labute approximate surface area is 161 Å². The fourth-order valence-corrected chi connectivity index (χ4v) is 5.13. The van der Waals surface area contributed by atoms with Gasteiger partial charge in [-0.3, -0.25) is 4.98 Å². The van der Waals surface area contributed by atoms with Crippen molar-refractivity contribution in [2.75, 3.05) is 26.7 Å². The van der Waals surface area contributed by atoms with Crippen molar-refractivity contribution in [2.45, 2.75) is 24.8 Å². The van der Waals surface area contributed by atoms with E-state index in [0.29, 0.717) is 35.8 Å². The molecule has 8 heteroatoms. The van der Waals surface area contributed by atoms with Gasteiger partial charge in [-0.1, -0.05) is 6.07 Å². The van der Waals surface area contributed by atoms with Crippen molar-refractivity contribution >= 4 is 22.4 Å². The molecular weight excluding hydrogens is 374 g/mol. The monoisotopic (exact) mass is 397 g/mol. The Morgan fingerprint density at radius 2 is 2.04 bits per heavy atom. The van der Waals surface area contributed by atoms with Crippen LogP contribution in [0.3, 0.4) is 0 Å². The van der Waals surface area contributed by atoms with E-state index in [1.807, 2.05) is 19.1 Å². The summed E-state index contributed by atoms with van der Waals surface area (Å²) >= 11 is 0. The lowest BCUT2D eigenvalue weighted by atomic mass is 10.1. The van der Waals surface area contributed by atoms with Crippen LogP contribution < -0.4 is 10.1 Å². The van der Waals surface area contributed by atoms with Crippen LogP contribution >= 0.6 is 12.4 Å². The quantitative estimate of drug-likeness (QED) is 0.858. The molecule has 0 amide bonds. The number of methoxy groups -OCH3 is 1. The van der Waals surface area contributed by atoms with Crippen LogP contribution in [0.1, 0.15) is 22.7 Å². The molecule has 6 nitrogen and oxygen atoms in total. The number of hydrogen-bond donors (Lipinski definition) is 1. The van der Waals surface area contributed by atoms with Gasteiger partial charge in [0, 0.05) is 32.0 Å². The first kappa shape index (κ1) is 20.6. The van der Waals surface area contributed by atoms with Crippen molar-refractivity contribution in [2.24, 2.45) is 0 Å². The molecule has 0 spiro atoms. The fraction of sp³-hybridized carbons (Fsp3) is 0.389. The minimum Gasteiger partial charge on any atom is -0.496 e. The van der Waals surface area contributed by atoms with Gasteiger partial charge in [-0.05, 0) is 48.7 Å². The van der Waals surface area contributed by atoms with Gasteiger partial charge in [0.15, 0.2) is 0 Å². The topological polar surface area (TPSA) is 71.5 Å². The normalized spacial score (nSPS) is 18.2. The van der Waals surface area contributed by atoms with E-state index >= 15 is 0 Å². The SMILES string of the molecule is COc1cc(C)c(S(=O)(=O)N2CCNCC2c2cccnc2)cc1C.Cl. The van der Waals surface area contributed by atoms with Crippen molar-refractivity contribution in [3.05, 3.63) is 53.3 Å². The van der Waals surface area contributed by atoms with Crippen LogP contribution in [0.25, 0.3) is 0 Å². The van der Waals surface area contributed by atoms with E-state index in [9.17, 15) is 8.42 Å². The second-order valence-electron chi connectivity index (χ2n) is 6.21. The van der Waals surface area contributed by atoms with E-state index in [4.69, 9.17) is 4.74 Å². The average molecular weight is 398 g/mol. The molecule has 1 fully saturated rings. The molecule has 1 aliphatic rings. The van der Waals surface area contributed by atoms with E-state index < -0.39 is 10.0 Å². The van der Waals surface area contributed by atoms with Gasteiger partial charge in [0.2, 0.25) is 10.0 Å². The second kappa shape index (κ2) is 8.35. The molecule has 0 aliphatic carbocycles. The van der Waals surface area contributed by atoms with Gasteiger partial charge in [-0.15, -0.1) is 12.4 Å². The predicted molar refractivity (Wildman–Crippen MR) is 103 cm³/mol. The summed E-state index contributed by atoms with van der Waals surface area (Å²) in [5.41, 5.74) is 2.38. The lowest BCUT2D eigenvalue weighted by molar-refractivity contribution is 0.271. The number of benzene rings is 1. The molecule has 26 heavy (non-hydrogen) atoms. The summed E-state index contributed by atoms with van der Waals surface area (Å²) in [4.78, 5) is 4.47. The van der Waals surface area contributed by atoms with E-state index in [2.05, 4.69) is 10.3 Å². The lowest BCUT2D eigenvalue weighted by Gasteiger charge is -2.35. The second-order valence-corrected chi connectivity index (χ2v) is 8.07.